The predicted octanol–water partition coefficient (Wildman–Crippen LogP) is 2.48. The summed E-state index contributed by atoms with van der Waals surface area (Å²) in [5.74, 6) is 0.535. The molecule has 3 heterocycles. The molecule has 6 nitrogen and oxygen atoms in total. The van der Waals surface area contributed by atoms with E-state index in [1.807, 2.05) is 22.9 Å². The number of carbonyl (C=O) groups is 1. The van der Waals surface area contributed by atoms with Gasteiger partial charge in [-0.3, -0.25) is 9.48 Å². The van der Waals surface area contributed by atoms with Gasteiger partial charge in [-0.1, -0.05) is 30.3 Å². The van der Waals surface area contributed by atoms with Gasteiger partial charge in [-0.2, -0.15) is 5.10 Å². The summed E-state index contributed by atoms with van der Waals surface area (Å²) < 4.78 is 13.2. The van der Waals surface area contributed by atoms with Crippen molar-refractivity contribution in [2.24, 2.45) is 5.92 Å². The van der Waals surface area contributed by atoms with Crippen LogP contribution < -0.4 is 5.32 Å². The van der Waals surface area contributed by atoms with Gasteiger partial charge in [0.1, 0.15) is 6.10 Å². The zero-order valence-electron chi connectivity index (χ0n) is 15.6. The third-order valence-electron chi connectivity index (χ3n) is 5.35. The van der Waals surface area contributed by atoms with Crippen molar-refractivity contribution >= 4 is 5.91 Å². The van der Waals surface area contributed by atoms with E-state index < -0.39 is 0 Å². The highest BCUT2D eigenvalue weighted by atomic mass is 16.5. The highest BCUT2D eigenvalue weighted by Gasteiger charge is 2.26. The molecule has 0 radical (unpaired) electrons. The molecule has 1 aromatic heterocycles. The molecule has 2 aromatic rings. The summed E-state index contributed by atoms with van der Waals surface area (Å²) in [4.78, 5) is 12.3. The van der Waals surface area contributed by atoms with Gasteiger partial charge in [-0.05, 0) is 36.3 Å². The molecular formula is C21H27N3O3. The van der Waals surface area contributed by atoms with Crippen LogP contribution in [0.1, 0.15) is 42.2 Å². The van der Waals surface area contributed by atoms with E-state index in [4.69, 9.17) is 14.6 Å². The van der Waals surface area contributed by atoms with Crippen LogP contribution in [0.2, 0.25) is 0 Å². The number of amides is 1. The summed E-state index contributed by atoms with van der Waals surface area (Å²) in [6, 6.07) is 10.3. The van der Waals surface area contributed by atoms with Gasteiger partial charge in [0.2, 0.25) is 5.91 Å². The third kappa shape index (κ3) is 4.76. The fourth-order valence-corrected chi connectivity index (χ4v) is 3.83. The minimum atomic E-state index is -0.163. The SMILES string of the molecule is O=C(CC1CCOCC1)NC[C@H]1OCCc2cn(Cc3ccccc3)nc21. The van der Waals surface area contributed by atoms with Gasteiger partial charge in [0, 0.05) is 32.4 Å². The van der Waals surface area contributed by atoms with E-state index in [9.17, 15) is 4.79 Å². The monoisotopic (exact) mass is 369 g/mol. The van der Waals surface area contributed by atoms with E-state index >= 15 is 0 Å². The lowest BCUT2D eigenvalue weighted by Gasteiger charge is -2.24. The Morgan fingerprint density at radius 1 is 1.19 bits per heavy atom. The van der Waals surface area contributed by atoms with E-state index in [1.165, 1.54) is 11.1 Å². The average molecular weight is 369 g/mol. The Hall–Kier alpha value is -2.18. The average Bonchev–Trinajstić information content (AvgIpc) is 3.11. The van der Waals surface area contributed by atoms with E-state index in [0.29, 0.717) is 25.5 Å². The first-order chi connectivity index (χ1) is 13.3. The molecule has 4 rings (SSSR count). The molecule has 0 unspecified atom stereocenters. The van der Waals surface area contributed by atoms with Crippen LogP contribution in [0.25, 0.3) is 0 Å². The number of carbonyl (C=O) groups excluding carboxylic acids is 1. The molecule has 1 amide bonds. The number of rotatable bonds is 6. The molecule has 144 valence electrons. The number of hydrogen-bond donors (Lipinski definition) is 1. The molecule has 1 N–H and O–H groups in total. The van der Waals surface area contributed by atoms with Crippen molar-refractivity contribution in [2.45, 2.75) is 38.3 Å². The number of aromatic nitrogens is 2. The van der Waals surface area contributed by atoms with Gasteiger partial charge in [0.25, 0.3) is 0 Å². The molecule has 2 aliphatic rings. The van der Waals surface area contributed by atoms with Gasteiger partial charge < -0.3 is 14.8 Å². The molecule has 0 bridgehead atoms. The third-order valence-corrected chi connectivity index (χ3v) is 5.35. The molecule has 0 saturated carbocycles. The zero-order valence-corrected chi connectivity index (χ0v) is 15.6. The van der Waals surface area contributed by atoms with E-state index in [0.717, 1.165) is 44.7 Å². The molecule has 0 spiro atoms. The lowest BCUT2D eigenvalue weighted by atomic mass is 9.96. The number of benzene rings is 1. The van der Waals surface area contributed by atoms with Gasteiger partial charge >= 0.3 is 0 Å². The first kappa shape index (κ1) is 18.2. The minimum Gasteiger partial charge on any atom is -0.381 e. The molecule has 1 atom stereocenters. The molecule has 1 saturated heterocycles. The van der Waals surface area contributed by atoms with Crippen molar-refractivity contribution in [3.05, 3.63) is 53.3 Å². The second-order valence-electron chi connectivity index (χ2n) is 7.40. The summed E-state index contributed by atoms with van der Waals surface area (Å²) in [5.41, 5.74) is 3.41. The minimum absolute atomic E-state index is 0.0985. The summed E-state index contributed by atoms with van der Waals surface area (Å²) in [7, 11) is 0. The van der Waals surface area contributed by atoms with E-state index in [2.05, 4.69) is 23.6 Å². The van der Waals surface area contributed by atoms with Crippen LogP contribution in [0.5, 0.6) is 0 Å². The maximum atomic E-state index is 12.3. The molecule has 1 aromatic carbocycles. The Morgan fingerprint density at radius 2 is 2.00 bits per heavy atom. The number of hydrogen-bond acceptors (Lipinski definition) is 4. The lowest BCUT2D eigenvalue weighted by molar-refractivity contribution is -0.123. The number of fused-ring (bicyclic) bond motifs is 1. The summed E-state index contributed by atoms with van der Waals surface area (Å²) in [5, 5.41) is 7.79. The van der Waals surface area contributed by atoms with Gasteiger partial charge in [0.15, 0.2) is 0 Å². The van der Waals surface area contributed by atoms with Crippen molar-refractivity contribution < 1.29 is 14.3 Å². The normalized spacial score (nSPS) is 20.2. The van der Waals surface area contributed by atoms with E-state index in [1.54, 1.807) is 0 Å². The lowest BCUT2D eigenvalue weighted by Crippen LogP contribution is -2.33. The number of ether oxygens (including phenoxy) is 2. The summed E-state index contributed by atoms with van der Waals surface area (Å²) >= 11 is 0. The molecule has 6 heteroatoms. The molecule has 0 aliphatic carbocycles. The Kier molecular flexibility index (Phi) is 5.84. The maximum Gasteiger partial charge on any atom is 0.220 e. The quantitative estimate of drug-likeness (QED) is 0.850. The molecule has 27 heavy (non-hydrogen) atoms. The Morgan fingerprint density at radius 3 is 2.81 bits per heavy atom. The highest BCUT2D eigenvalue weighted by Crippen LogP contribution is 2.26. The number of nitrogens with zero attached hydrogens (tertiary/aromatic N) is 2. The summed E-state index contributed by atoms with van der Waals surface area (Å²) in [6.07, 6.45) is 5.34. The first-order valence-corrected chi connectivity index (χ1v) is 9.84. The van der Waals surface area contributed by atoms with Crippen molar-refractivity contribution in [3.63, 3.8) is 0 Å². The summed E-state index contributed by atoms with van der Waals surface area (Å²) in [6.45, 7) is 3.44. The Labute approximate surface area is 159 Å². The molecule has 1 fully saturated rings. The molecular weight excluding hydrogens is 342 g/mol. The van der Waals surface area contributed by atoms with Crippen LogP contribution in [0.15, 0.2) is 36.5 Å². The van der Waals surface area contributed by atoms with Crippen LogP contribution in [-0.2, 0) is 27.2 Å². The molecule has 2 aliphatic heterocycles. The fraction of sp³-hybridized carbons (Fsp3) is 0.524. The number of nitrogens with one attached hydrogen (secondary N) is 1. The smallest absolute Gasteiger partial charge is 0.220 e. The van der Waals surface area contributed by atoms with Gasteiger partial charge in [0.05, 0.1) is 18.8 Å². The van der Waals surface area contributed by atoms with Gasteiger partial charge in [-0.15, -0.1) is 0 Å². The van der Waals surface area contributed by atoms with Gasteiger partial charge in [-0.25, -0.2) is 0 Å². The van der Waals surface area contributed by atoms with Crippen LogP contribution >= 0.6 is 0 Å². The van der Waals surface area contributed by atoms with Crippen LogP contribution in [0.3, 0.4) is 0 Å². The Balaban J connectivity index is 1.34. The van der Waals surface area contributed by atoms with Crippen LogP contribution in [-0.4, -0.2) is 42.1 Å². The van der Waals surface area contributed by atoms with Crippen molar-refractivity contribution in [3.8, 4) is 0 Å². The Bertz CT molecular complexity index is 753. The predicted molar refractivity (Wildman–Crippen MR) is 101 cm³/mol. The van der Waals surface area contributed by atoms with E-state index in [-0.39, 0.29) is 12.0 Å². The maximum absolute atomic E-state index is 12.3. The van der Waals surface area contributed by atoms with Crippen molar-refractivity contribution in [1.29, 1.82) is 0 Å². The van der Waals surface area contributed by atoms with Crippen LogP contribution in [0, 0.1) is 5.92 Å². The van der Waals surface area contributed by atoms with Crippen molar-refractivity contribution in [1.82, 2.24) is 15.1 Å². The largest absolute Gasteiger partial charge is 0.381 e. The van der Waals surface area contributed by atoms with Crippen LogP contribution in [0.4, 0.5) is 0 Å². The van der Waals surface area contributed by atoms with Crippen molar-refractivity contribution in [2.75, 3.05) is 26.4 Å². The highest BCUT2D eigenvalue weighted by molar-refractivity contribution is 5.76. The topological polar surface area (TPSA) is 65.4 Å². The second kappa shape index (κ2) is 8.67. The zero-order chi connectivity index (χ0) is 18.5. The second-order valence-corrected chi connectivity index (χ2v) is 7.40. The first-order valence-electron chi connectivity index (χ1n) is 9.84. The standard InChI is InChI=1S/C21H27N3O3/c25-20(12-16-6-9-26-10-7-16)22-13-19-21-18(8-11-27-19)15-24(23-21)14-17-4-2-1-3-5-17/h1-5,15-16,19H,6-14H2,(H,22,25)/t19-/m1/s1. The fourth-order valence-electron chi connectivity index (χ4n) is 3.83.